The fourth-order valence-electron chi connectivity index (χ4n) is 4.31. The largest absolute Gasteiger partial charge is 0.481 e. The van der Waals surface area contributed by atoms with E-state index in [-0.39, 0.29) is 19.3 Å². The van der Waals surface area contributed by atoms with Crippen LogP contribution in [0.1, 0.15) is 37.9 Å². The van der Waals surface area contributed by atoms with Crippen LogP contribution >= 0.6 is 0 Å². The van der Waals surface area contributed by atoms with E-state index < -0.39 is 66.2 Å². The lowest BCUT2D eigenvalue weighted by Gasteiger charge is -2.27. The minimum atomic E-state index is -1.30. The van der Waals surface area contributed by atoms with Gasteiger partial charge in [0, 0.05) is 41.8 Å². The normalized spacial score (nSPS) is 14.1. The van der Waals surface area contributed by atoms with Crippen molar-refractivity contribution >= 4 is 40.6 Å². The molecule has 4 unspecified atom stereocenters. The molecule has 14 nitrogen and oxygen atoms in total. The van der Waals surface area contributed by atoms with Gasteiger partial charge in [-0.25, -0.2) is 9.78 Å². The number of nitrogens with zero attached hydrogens (tertiary/aromatic N) is 1. The van der Waals surface area contributed by atoms with Gasteiger partial charge in [-0.3, -0.25) is 19.2 Å². The van der Waals surface area contributed by atoms with Gasteiger partial charge < -0.3 is 41.9 Å². The predicted octanol–water partition coefficient (Wildman–Crippen LogP) is 0.0633. The summed E-state index contributed by atoms with van der Waals surface area (Å²) in [5.41, 5.74) is 8.31. The molecule has 0 aliphatic heterocycles. The van der Waals surface area contributed by atoms with Gasteiger partial charge in [-0.05, 0) is 30.4 Å². The smallest absolute Gasteiger partial charge is 0.326 e. The number of hydrogen-bond acceptors (Lipinski definition) is 7. The fraction of sp³-hybridized carbons (Fsp3) is 0.407. The number of rotatable bonds is 15. The number of benzene rings is 1. The standard InChI is InChI=1S/C27H35N7O7/c1-14(2)23(26(39)33-21(27(40)41)10-16-12-29-13-31-16)34-25(38)20(7-8-22(35)36)32-24(37)18(28)9-15-11-30-19-6-4-3-5-17(15)19/h3-6,11-14,18,20-21,23,30H,7-10,28H2,1-2H3,(H,29,31)(H,32,37)(H,33,39)(H,34,38)(H,35,36)(H,40,41). The molecule has 3 aromatic rings. The Morgan fingerprint density at radius 1 is 0.927 bits per heavy atom. The molecule has 0 bridgehead atoms. The second-order valence-corrected chi connectivity index (χ2v) is 10.1. The van der Waals surface area contributed by atoms with Gasteiger partial charge in [0.1, 0.15) is 18.1 Å². The van der Waals surface area contributed by atoms with Crippen LogP contribution in [0.2, 0.25) is 0 Å². The fourth-order valence-corrected chi connectivity index (χ4v) is 4.31. The van der Waals surface area contributed by atoms with Crippen LogP contribution in [-0.4, -0.2) is 79.0 Å². The molecule has 0 aliphatic rings. The molecule has 0 spiro atoms. The molecule has 2 heterocycles. The number of carboxylic acid groups (broad SMARTS) is 2. The molecule has 220 valence electrons. The van der Waals surface area contributed by atoms with Gasteiger partial charge in [-0.15, -0.1) is 0 Å². The molecule has 2 aromatic heterocycles. The molecule has 0 radical (unpaired) electrons. The third-order valence-corrected chi connectivity index (χ3v) is 6.57. The zero-order valence-corrected chi connectivity index (χ0v) is 22.7. The van der Waals surface area contributed by atoms with Crippen molar-refractivity contribution in [3.8, 4) is 0 Å². The molecule has 0 fully saturated rings. The van der Waals surface area contributed by atoms with E-state index in [0.29, 0.717) is 5.69 Å². The Bertz CT molecular complexity index is 1370. The topological polar surface area (TPSA) is 232 Å². The second-order valence-electron chi connectivity index (χ2n) is 10.1. The number of carbonyl (C=O) groups excluding carboxylic acids is 3. The van der Waals surface area contributed by atoms with Crippen LogP contribution < -0.4 is 21.7 Å². The number of aromatic amines is 2. The highest BCUT2D eigenvalue weighted by Gasteiger charge is 2.32. The zero-order chi connectivity index (χ0) is 30.1. The molecule has 41 heavy (non-hydrogen) atoms. The third-order valence-electron chi connectivity index (χ3n) is 6.57. The number of aliphatic carboxylic acids is 2. The van der Waals surface area contributed by atoms with E-state index in [9.17, 15) is 34.2 Å². The van der Waals surface area contributed by atoms with Crippen molar-refractivity contribution in [2.75, 3.05) is 0 Å². The van der Waals surface area contributed by atoms with Gasteiger partial charge in [0.25, 0.3) is 0 Å². The number of para-hydroxylation sites is 1. The first-order chi connectivity index (χ1) is 19.5. The molecular weight excluding hydrogens is 534 g/mol. The summed E-state index contributed by atoms with van der Waals surface area (Å²) in [6.45, 7) is 3.30. The van der Waals surface area contributed by atoms with E-state index in [0.717, 1.165) is 16.5 Å². The molecule has 9 N–H and O–H groups in total. The van der Waals surface area contributed by atoms with E-state index in [1.54, 1.807) is 20.0 Å². The minimum Gasteiger partial charge on any atom is -0.481 e. The summed E-state index contributed by atoms with van der Waals surface area (Å²) in [6.07, 6.45) is 3.97. The summed E-state index contributed by atoms with van der Waals surface area (Å²) in [5, 5.41) is 27.1. The molecule has 4 atom stereocenters. The number of fused-ring (bicyclic) bond motifs is 1. The van der Waals surface area contributed by atoms with Gasteiger partial charge in [0.05, 0.1) is 12.4 Å². The lowest BCUT2D eigenvalue weighted by Crippen LogP contribution is -2.58. The highest BCUT2D eigenvalue weighted by Crippen LogP contribution is 2.19. The summed E-state index contributed by atoms with van der Waals surface area (Å²) in [6, 6.07) is 2.67. The number of nitrogens with two attached hydrogens (primary N) is 1. The van der Waals surface area contributed by atoms with Crippen LogP contribution in [0, 0.1) is 5.92 Å². The van der Waals surface area contributed by atoms with Crippen LogP contribution in [0.25, 0.3) is 10.9 Å². The average Bonchev–Trinajstić information content (AvgIpc) is 3.58. The molecule has 3 amide bonds. The van der Waals surface area contributed by atoms with Crippen molar-refractivity contribution in [1.29, 1.82) is 0 Å². The highest BCUT2D eigenvalue weighted by molar-refractivity contribution is 5.94. The maximum Gasteiger partial charge on any atom is 0.326 e. The Hall–Kier alpha value is -4.72. The van der Waals surface area contributed by atoms with Crippen LogP contribution in [-0.2, 0) is 36.8 Å². The second kappa shape index (κ2) is 14.1. The van der Waals surface area contributed by atoms with Crippen molar-refractivity contribution < 1.29 is 34.2 Å². The SMILES string of the molecule is CC(C)C(NC(=O)C(CCC(=O)O)NC(=O)C(N)Cc1c[nH]c2ccccc12)C(=O)NC(Cc1cnc[nH]1)C(=O)O. The lowest BCUT2D eigenvalue weighted by atomic mass is 10.0. The number of amides is 3. The number of imidazole rings is 1. The van der Waals surface area contributed by atoms with Gasteiger partial charge in [0.2, 0.25) is 17.7 Å². The number of carbonyl (C=O) groups is 5. The molecule has 1 aromatic carbocycles. The highest BCUT2D eigenvalue weighted by atomic mass is 16.4. The molecule has 0 saturated heterocycles. The van der Waals surface area contributed by atoms with Crippen molar-refractivity contribution in [3.63, 3.8) is 0 Å². The van der Waals surface area contributed by atoms with Crippen molar-refractivity contribution in [2.24, 2.45) is 11.7 Å². The first kappa shape index (κ1) is 30.8. The first-order valence-electron chi connectivity index (χ1n) is 13.1. The molecule has 0 aliphatic carbocycles. The third kappa shape index (κ3) is 8.63. The lowest BCUT2D eigenvalue weighted by molar-refractivity contribution is -0.142. The monoisotopic (exact) mass is 569 g/mol. The maximum absolute atomic E-state index is 13.2. The molecule has 0 saturated carbocycles. The van der Waals surface area contributed by atoms with Crippen LogP contribution in [0.5, 0.6) is 0 Å². The van der Waals surface area contributed by atoms with E-state index in [2.05, 4.69) is 30.9 Å². The van der Waals surface area contributed by atoms with Gasteiger partial charge in [0.15, 0.2) is 0 Å². The van der Waals surface area contributed by atoms with Crippen molar-refractivity contribution in [2.45, 2.75) is 63.7 Å². The Morgan fingerprint density at radius 2 is 1.63 bits per heavy atom. The molecule has 3 rings (SSSR count). The summed E-state index contributed by atoms with van der Waals surface area (Å²) < 4.78 is 0. The maximum atomic E-state index is 13.2. The van der Waals surface area contributed by atoms with Gasteiger partial charge in [-0.1, -0.05) is 32.0 Å². The van der Waals surface area contributed by atoms with Gasteiger partial charge >= 0.3 is 11.9 Å². The Balaban J connectivity index is 1.69. The minimum absolute atomic E-state index is 0.0640. The van der Waals surface area contributed by atoms with E-state index in [4.69, 9.17) is 5.73 Å². The van der Waals surface area contributed by atoms with Gasteiger partial charge in [-0.2, -0.15) is 0 Å². The van der Waals surface area contributed by atoms with Crippen LogP contribution in [0.3, 0.4) is 0 Å². The van der Waals surface area contributed by atoms with E-state index >= 15 is 0 Å². The average molecular weight is 570 g/mol. The summed E-state index contributed by atoms with van der Waals surface area (Å²) >= 11 is 0. The Kier molecular flexibility index (Phi) is 10.6. The summed E-state index contributed by atoms with van der Waals surface area (Å²) in [7, 11) is 0. The quantitative estimate of drug-likeness (QED) is 0.123. The van der Waals surface area contributed by atoms with Crippen LogP contribution in [0.4, 0.5) is 0 Å². The molecule has 14 heteroatoms. The molecular formula is C27H35N7O7. The number of nitrogens with one attached hydrogen (secondary N) is 5. The van der Waals surface area contributed by atoms with E-state index in [1.165, 1.54) is 12.5 Å². The number of hydrogen-bond donors (Lipinski definition) is 8. The Labute approximate surface area is 235 Å². The van der Waals surface area contributed by atoms with Crippen molar-refractivity contribution in [3.05, 3.63) is 54.2 Å². The number of aromatic nitrogens is 3. The zero-order valence-electron chi connectivity index (χ0n) is 22.7. The number of H-pyrrole nitrogens is 2. The number of carboxylic acids is 2. The van der Waals surface area contributed by atoms with Crippen LogP contribution in [0.15, 0.2) is 43.0 Å². The predicted molar refractivity (Wildman–Crippen MR) is 147 cm³/mol. The van der Waals surface area contributed by atoms with Crippen molar-refractivity contribution in [1.82, 2.24) is 30.9 Å². The van der Waals surface area contributed by atoms with E-state index in [1.807, 2.05) is 24.3 Å². The summed E-state index contributed by atoms with van der Waals surface area (Å²) in [5.74, 6) is -5.15. The Morgan fingerprint density at radius 3 is 2.27 bits per heavy atom. The summed E-state index contributed by atoms with van der Waals surface area (Å²) in [4.78, 5) is 71.9. The first-order valence-corrected chi connectivity index (χ1v) is 13.1.